The van der Waals surface area contributed by atoms with E-state index in [1.807, 2.05) is 0 Å². The number of allylic oxidation sites excluding steroid dienone is 2. The highest BCUT2D eigenvalue weighted by molar-refractivity contribution is 6.58. The number of imide groups is 4. The predicted molar refractivity (Wildman–Crippen MR) is 135 cm³/mol. The number of ether oxygens (including phenoxy) is 1. The molecule has 5 amide bonds. The molecular formula is C27H21Cl2FN2O8. The lowest BCUT2D eigenvalue weighted by Gasteiger charge is -2.49. The molecule has 1 aromatic carbocycles. The molecule has 1 saturated carbocycles. The van der Waals surface area contributed by atoms with Gasteiger partial charge in [-0.3, -0.25) is 19.2 Å². The molecule has 1 N–H and O–H groups in total. The van der Waals surface area contributed by atoms with Gasteiger partial charge in [-0.05, 0) is 55.2 Å². The summed E-state index contributed by atoms with van der Waals surface area (Å²) in [6.45, 7) is -0.461. The number of alkyl halides is 2. The van der Waals surface area contributed by atoms with E-state index < -0.39 is 75.6 Å². The van der Waals surface area contributed by atoms with E-state index >= 15 is 0 Å². The van der Waals surface area contributed by atoms with Crippen molar-refractivity contribution < 1.29 is 42.6 Å². The molecule has 6 rings (SSSR count). The molecule has 3 heterocycles. The highest BCUT2D eigenvalue weighted by Gasteiger charge is 2.77. The van der Waals surface area contributed by atoms with E-state index in [-0.39, 0.29) is 30.0 Å². The van der Waals surface area contributed by atoms with Crippen molar-refractivity contribution in [1.82, 2.24) is 4.90 Å². The third-order valence-electron chi connectivity index (χ3n) is 8.38. The number of methoxy groups -OCH3 is 1. The van der Waals surface area contributed by atoms with Gasteiger partial charge in [0, 0.05) is 0 Å². The Morgan fingerprint density at radius 2 is 1.77 bits per heavy atom. The Balaban J connectivity index is 1.53. The van der Waals surface area contributed by atoms with Crippen molar-refractivity contribution in [3.8, 4) is 0 Å². The average Bonchev–Trinajstić information content (AvgIpc) is 3.55. The monoisotopic (exact) mass is 590 g/mol. The number of anilines is 1. The summed E-state index contributed by atoms with van der Waals surface area (Å²) in [5.41, 5.74) is 0.486. The van der Waals surface area contributed by atoms with E-state index in [0.29, 0.717) is 10.5 Å². The lowest BCUT2D eigenvalue weighted by molar-refractivity contribution is -0.138. The number of aliphatic hydroxyl groups excluding tert-OH is 1. The van der Waals surface area contributed by atoms with Gasteiger partial charge in [0.05, 0.1) is 30.6 Å². The van der Waals surface area contributed by atoms with Crippen molar-refractivity contribution >= 4 is 58.6 Å². The van der Waals surface area contributed by atoms with Gasteiger partial charge in [0.25, 0.3) is 11.8 Å². The average molecular weight is 591 g/mol. The number of aliphatic hydroxyl groups is 1. The van der Waals surface area contributed by atoms with Crippen molar-refractivity contribution in [3.05, 3.63) is 65.4 Å². The van der Waals surface area contributed by atoms with Crippen LogP contribution in [0, 0.1) is 23.6 Å². The number of likely N-dealkylation sites (tertiary alicyclic amines) is 1. The number of carbonyl (C=O) groups is 5. The van der Waals surface area contributed by atoms with Gasteiger partial charge >= 0.3 is 6.09 Å². The van der Waals surface area contributed by atoms with Crippen LogP contribution >= 0.6 is 23.2 Å². The van der Waals surface area contributed by atoms with Crippen LogP contribution < -0.4 is 4.90 Å². The summed E-state index contributed by atoms with van der Waals surface area (Å²) < 4.78 is 24.1. The standard InChI is InChI=1S/C27H21Cl2FN2O8/c1-39-25(38)32-21(34)16-8-7-15-17(19(16)22(32)35)10-26(28)23(36)31(13-4-2-12(30)3-5-13)24(37)27(26,29)20(15)18-9-6-14(11-33)40-18/h2-7,9,16-17,19-20,33H,8,10-11H2,1H3/t16-,17+,19-,20+,26+,27-/m0/s1. The number of rotatable bonds is 3. The van der Waals surface area contributed by atoms with E-state index in [1.165, 1.54) is 24.3 Å². The lowest BCUT2D eigenvalue weighted by atomic mass is 9.57. The molecule has 6 atom stereocenters. The number of furan rings is 1. The largest absolute Gasteiger partial charge is 0.463 e. The van der Waals surface area contributed by atoms with Crippen LogP contribution in [0.2, 0.25) is 0 Å². The molecule has 3 fully saturated rings. The first kappa shape index (κ1) is 26.7. The highest BCUT2D eigenvalue weighted by atomic mass is 35.5. The van der Waals surface area contributed by atoms with Crippen molar-refractivity contribution in [2.75, 3.05) is 12.0 Å². The van der Waals surface area contributed by atoms with Crippen LogP contribution in [0.4, 0.5) is 14.9 Å². The second kappa shape index (κ2) is 8.98. The number of halogens is 3. The van der Waals surface area contributed by atoms with Crippen molar-refractivity contribution in [2.45, 2.75) is 35.1 Å². The van der Waals surface area contributed by atoms with E-state index in [0.717, 1.165) is 24.1 Å². The number of carbonyl (C=O) groups excluding carboxylic acids is 5. The summed E-state index contributed by atoms with van der Waals surface area (Å²) in [5.74, 6) is -7.70. The van der Waals surface area contributed by atoms with Gasteiger partial charge in [0.15, 0.2) is 9.75 Å². The zero-order valence-electron chi connectivity index (χ0n) is 20.8. The molecule has 0 unspecified atom stereocenters. The van der Waals surface area contributed by atoms with Gasteiger partial charge in [0.2, 0.25) is 11.8 Å². The number of hydrogen-bond acceptors (Lipinski definition) is 8. The minimum Gasteiger partial charge on any atom is -0.463 e. The van der Waals surface area contributed by atoms with Gasteiger partial charge in [-0.1, -0.05) is 11.6 Å². The van der Waals surface area contributed by atoms with Gasteiger partial charge in [-0.15, -0.1) is 23.2 Å². The second-order valence-electron chi connectivity index (χ2n) is 10.2. The first-order valence-corrected chi connectivity index (χ1v) is 13.1. The first-order valence-electron chi connectivity index (χ1n) is 12.4. The van der Waals surface area contributed by atoms with Gasteiger partial charge in [-0.2, -0.15) is 4.90 Å². The third-order valence-corrected chi connectivity index (χ3v) is 9.79. The Morgan fingerprint density at radius 1 is 1.07 bits per heavy atom. The molecule has 2 saturated heterocycles. The van der Waals surface area contributed by atoms with E-state index in [9.17, 15) is 33.5 Å². The summed E-state index contributed by atoms with van der Waals surface area (Å²) in [5, 5.41) is 9.62. The van der Waals surface area contributed by atoms with Crippen molar-refractivity contribution in [1.29, 1.82) is 0 Å². The maximum atomic E-state index is 14.1. The van der Waals surface area contributed by atoms with Crippen LogP contribution in [0.15, 0.2) is 52.5 Å². The normalized spacial score (nSPS) is 33.1. The molecule has 0 bridgehead atoms. The van der Waals surface area contributed by atoms with E-state index in [4.69, 9.17) is 27.6 Å². The molecule has 0 spiro atoms. The topological polar surface area (TPSA) is 134 Å². The second-order valence-corrected chi connectivity index (χ2v) is 11.4. The lowest BCUT2D eigenvalue weighted by Crippen LogP contribution is -2.60. The number of benzene rings is 1. The Kier molecular flexibility index (Phi) is 5.99. The van der Waals surface area contributed by atoms with Gasteiger partial charge in [0.1, 0.15) is 23.9 Å². The number of nitrogens with zero attached hydrogens (tertiary/aromatic N) is 2. The van der Waals surface area contributed by atoms with Gasteiger partial charge in [-0.25, -0.2) is 14.1 Å². The molecule has 2 aliphatic heterocycles. The Morgan fingerprint density at radius 3 is 2.40 bits per heavy atom. The Bertz CT molecular complexity index is 1520. The fraction of sp³-hybridized carbons (Fsp3) is 0.370. The number of hydrogen-bond donors (Lipinski definition) is 1. The number of fused-ring (bicyclic) bond motifs is 4. The van der Waals surface area contributed by atoms with Gasteiger partial charge < -0.3 is 14.3 Å². The summed E-state index contributed by atoms with van der Waals surface area (Å²) in [4.78, 5) is 63.9. The Labute approximate surface area is 236 Å². The van der Waals surface area contributed by atoms with Crippen LogP contribution in [0.25, 0.3) is 0 Å². The summed E-state index contributed by atoms with van der Waals surface area (Å²) in [7, 11) is 1.04. The van der Waals surface area contributed by atoms with Crippen molar-refractivity contribution in [3.63, 3.8) is 0 Å². The van der Waals surface area contributed by atoms with E-state index in [1.54, 1.807) is 6.08 Å². The van der Waals surface area contributed by atoms with Crippen LogP contribution in [-0.4, -0.2) is 56.6 Å². The third kappa shape index (κ3) is 3.28. The van der Waals surface area contributed by atoms with E-state index in [2.05, 4.69) is 4.74 Å². The quantitative estimate of drug-likeness (QED) is 0.327. The molecule has 2 aromatic rings. The molecule has 0 radical (unpaired) electrons. The molecule has 2 aliphatic carbocycles. The molecule has 4 aliphatic rings. The van der Waals surface area contributed by atoms with Crippen LogP contribution in [-0.2, 0) is 30.5 Å². The zero-order chi connectivity index (χ0) is 28.7. The van der Waals surface area contributed by atoms with Crippen LogP contribution in [0.5, 0.6) is 0 Å². The molecule has 1 aromatic heterocycles. The summed E-state index contributed by atoms with van der Waals surface area (Å²) in [6, 6.07) is 7.61. The maximum Gasteiger partial charge on any atom is 0.423 e. The maximum absolute atomic E-state index is 14.1. The Hall–Kier alpha value is -3.54. The molecule has 40 heavy (non-hydrogen) atoms. The summed E-state index contributed by atoms with van der Waals surface area (Å²) in [6.07, 6.45) is 0.275. The number of amides is 5. The SMILES string of the molecule is COC(=O)N1C(=O)[C@H]2[C@H](CC=C3[C@H]2C[C@@]2(Cl)C(=O)N(c4ccc(F)cc4)C(=O)[C@@]2(Cl)[C@H]3c2ccc(CO)o2)C1=O. The first-order chi connectivity index (χ1) is 19.0. The van der Waals surface area contributed by atoms with Crippen LogP contribution in [0.1, 0.15) is 30.3 Å². The fourth-order valence-corrected chi connectivity index (χ4v) is 7.53. The molecule has 13 heteroatoms. The fourth-order valence-electron chi connectivity index (χ4n) is 6.62. The molecular weight excluding hydrogens is 570 g/mol. The van der Waals surface area contributed by atoms with Crippen LogP contribution in [0.3, 0.4) is 0 Å². The molecule has 208 valence electrons. The summed E-state index contributed by atoms with van der Waals surface area (Å²) >= 11 is 14.3. The minimum absolute atomic E-state index is 0.0407. The zero-order valence-corrected chi connectivity index (χ0v) is 22.3. The minimum atomic E-state index is -2.16. The smallest absolute Gasteiger partial charge is 0.423 e. The highest BCUT2D eigenvalue weighted by Crippen LogP contribution is 2.65. The molecule has 10 nitrogen and oxygen atoms in total. The van der Waals surface area contributed by atoms with Crippen molar-refractivity contribution in [2.24, 2.45) is 17.8 Å². The predicted octanol–water partition coefficient (Wildman–Crippen LogP) is 3.24.